The number of alkyl halides is 1. The Bertz CT molecular complexity index is 1240. The Morgan fingerprint density at radius 3 is 2.69 bits per heavy atom. The molecule has 0 radical (unpaired) electrons. The van der Waals surface area contributed by atoms with Crippen molar-refractivity contribution in [3.05, 3.63) is 62.4 Å². The number of halogens is 2. The zero-order valence-corrected chi connectivity index (χ0v) is 20.2. The summed E-state index contributed by atoms with van der Waals surface area (Å²) in [4.78, 5) is 49.6. The van der Waals surface area contributed by atoms with Crippen LogP contribution in [0.5, 0.6) is 5.75 Å². The van der Waals surface area contributed by atoms with Crippen molar-refractivity contribution in [3.63, 3.8) is 0 Å². The van der Waals surface area contributed by atoms with Gasteiger partial charge >= 0.3 is 25.7 Å². The summed E-state index contributed by atoms with van der Waals surface area (Å²) >= 11 is 5.89. The number of carbonyl (C=O) groups is 1. The number of aliphatic carboxylic acids is 1. The molecule has 3 N–H and O–H groups in total. The van der Waals surface area contributed by atoms with Crippen molar-refractivity contribution >= 4 is 25.7 Å². The number of rotatable bonds is 9. The fraction of sp³-hybridized carbons (Fsp3) is 0.450. The van der Waals surface area contributed by atoms with Crippen LogP contribution in [0.1, 0.15) is 20.3 Å². The highest BCUT2D eigenvalue weighted by Gasteiger charge is 2.73. The summed E-state index contributed by atoms with van der Waals surface area (Å²) in [7, 11) is -3.14. The quantitative estimate of drug-likeness (QED) is 0.317. The lowest BCUT2D eigenvalue weighted by Gasteiger charge is -2.43. The molecule has 12 nitrogen and oxygen atoms in total. The lowest BCUT2D eigenvalue weighted by atomic mass is 9.95. The zero-order valence-electron chi connectivity index (χ0n) is 18.5. The predicted molar refractivity (Wildman–Crippen MR) is 119 cm³/mol. The molecule has 0 amide bonds. The molecule has 2 heterocycles. The molecule has 0 bridgehead atoms. The second-order valence-corrected chi connectivity index (χ2v) is 9.27. The smallest absolute Gasteiger partial charge is 0.344 e. The van der Waals surface area contributed by atoms with E-state index in [-0.39, 0.29) is 18.8 Å². The molecule has 190 valence electrons. The monoisotopic (exact) mass is 533 g/mol. The minimum Gasteiger partial charge on any atom is -0.583 e. The number of hydrogen-bond acceptors (Lipinski definition) is 9. The fourth-order valence-electron chi connectivity index (χ4n) is 3.45. The average Bonchev–Trinajstić information content (AvgIpc) is 3.11. The molecule has 2 aromatic rings. The number of carboxylic acid groups (broad SMARTS) is 1. The lowest BCUT2D eigenvalue weighted by Crippen LogP contribution is -2.67. The van der Waals surface area contributed by atoms with E-state index in [1.54, 1.807) is 0 Å². The summed E-state index contributed by atoms with van der Waals surface area (Å²) in [6.45, 7) is 1.27. The van der Waals surface area contributed by atoms with E-state index < -0.39 is 55.2 Å². The molecule has 1 saturated heterocycles. The van der Waals surface area contributed by atoms with Crippen LogP contribution in [0.25, 0.3) is 0 Å². The van der Waals surface area contributed by atoms with Crippen LogP contribution >= 0.6 is 19.8 Å². The summed E-state index contributed by atoms with van der Waals surface area (Å²) in [5.41, 5.74) is -4.32. The van der Waals surface area contributed by atoms with Gasteiger partial charge < -0.3 is 24.6 Å². The second kappa shape index (κ2) is 10.1. The molecule has 1 aliphatic heterocycles. The molecule has 1 fully saturated rings. The average molecular weight is 534 g/mol. The molecule has 1 aromatic carbocycles. The summed E-state index contributed by atoms with van der Waals surface area (Å²) < 4.78 is 37.0. The highest BCUT2D eigenvalue weighted by molar-refractivity contribution is 7.33. The van der Waals surface area contributed by atoms with Gasteiger partial charge in [-0.15, -0.1) is 4.52 Å². The molecular formula is C20H22ClFN3O9P. The Morgan fingerprint density at radius 1 is 1.43 bits per heavy atom. The third-order valence-corrected chi connectivity index (χ3v) is 6.46. The predicted octanol–water partition coefficient (Wildman–Crippen LogP) is 1.31. The van der Waals surface area contributed by atoms with Gasteiger partial charge in [0.1, 0.15) is 5.75 Å². The number of ether oxygens (including phenoxy) is 2. The number of hydrogen-bond donors (Lipinski definition) is 3. The van der Waals surface area contributed by atoms with E-state index >= 15 is 4.39 Å². The first-order valence-corrected chi connectivity index (χ1v) is 11.7. The third kappa shape index (κ3) is 5.30. The van der Waals surface area contributed by atoms with Crippen molar-refractivity contribution < 1.29 is 38.3 Å². The van der Waals surface area contributed by atoms with Gasteiger partial charge in [0.25, 0.3) is 17.1 Å². The van der Waals surface area contributed by atoms with Crippen molar-refractivity contribution in [2.75, 3.05) is 13.2 Å². The van der Waals surface area contributed by atoms with Crippen LogP contribution < -0.4 is 20.9 Å². The Kier molecular flexibility index (Phi) is 7.80. The number of H-pyrrole nitrogens is 1. The number of nitrogens with zero attached hydrogens (tertiary/aromatic N) is 2. The van der Waals surface area contributed by atoms with Crippen LogP contribution in [0.3, 0.4) is 0 Å². The van der Waals surface area contributed by atoms with Crippen LogP contribution in [0.4, 0.5) is 4.39 Å². The third-order valence-electron chi connectivity index (χ3n) is 5.30. The zero-order chi connectivity index (χ0) is 26.0. The van der Waals surface area contributed by atoms with Crippen molar-refractivity contribution in [3.8, 4) is 5.75 Å². The largest absolute Gasteiger partial charge is 0.583 e. The van der Waals surface area contributed by atoms with E-state index in [0.29, 0.717) is 9.59 Å². The number of carboxylic acids is 1. The number of aromatic amines is 1. The van der Waals surface area contributed by atoms with E-state index in [4.69, 9.17) is 30.7 Å². The number of aromatic nitrogens is 2. The van der Waals surface area contributed by atoms with E-state index in [0.717, 1.165) is 19.2 Å². The highest BCUT2D eigenvalue weighted by Crippen LogP contribution is 2.52. The maximum atomic E-state index is 16.8. The maximum Gasteiger partial charge on any atom is 0.344 e. The van der Waals surface area contributed by atoms with E-state index in [1.807, 2.05) is 4.98 Å². The van der Waals surface area contributed by atoms with Gasteiger partial charge in [0.05, 0.1) is 19.1 Å². The van der Waals surface area contributed by atoms with Crippen LogP contribution in [-0.4, -0.2) is 50.5 Å². The van der Waals surface area contributed by atoms with E-state index in [2.05, 4.69) is 4.74 Å². The normalized spacial score (nSPS) is 25.1. The minimum absolute atomic E-state index is 0.0141. The van der Waals surface area contributed by atoms with Gasteiger partial charge in [-0.1, -0.05) is 16.3 Å². The molecule has 1 unspecified atom stereocenters. The summed E-state index contributed by atoms with van der Waals surface area (Å²) in [5, 5.41) is 20.3. The molecular weight excluding hydrogens is 512 g/mol. The summed E-state index contributed by atoms with van der Waals surface area (Å²) in [5.74, 6) is -8.65. The van der Waals surface area contributed by atoms with Crippen molar-refractivity contribution in [1.29, 1.82) is 0 Å². The molecule has 35 heavy (non-hydrogen) atoms. The SMILES string of the molecule is C[C@@H](CN=[P+]([O-])O[C@](C)(O)[C@]1(F)OCC[C@@]1(Oc1ccc(Cl)cc1)n1ccc(=O)[nH]c1=O)C(=O)O. The first-order chi connectivity index (χ1) is 16.3. The van der Waals surface area contributed by atoms with Gasteiger partial charge in [-0.05, 0) is 31.2 Å². The van der Waals surface area contributed by atoms with Crippen LogP contribution in [-0.2, 0) is 19.8 Å². The molecule has 15 heteroatoms. The number of aliphatic hydroxyl groups is 1. The van der Waals surface area contributed by atoms with Crippen LogP contribution in [0.2, 0.25) is 5.02 Å². The Labute approximate surface area is 203 Å². The van der Waals surface area contributed by atoms with Gasteiger partial charge in [0, 0.05) is 30.6 Å². The molecule has 1 aromatic heterocycles. The lowest BCUT2D eigenvalue weighted by molar-refractivity contribution is -0.368. The van der Waals surface area contributed by atoms with E-state index in [9.17, 15) is 24.4 Å². The molecule has 0 aliphatic carbocycles. The minimum atomic E-state index is -3.39. The van der Waals surface area contributed by atoms with Crippen molar-refractivity contribution in [2.24, 2.45) is 10.7 Å². The molecule has 0 saturated carbocycles. The highest BCUT2D eigenvalue weighted by atomic mass is 35.5. The molecule has 1 aliphatic rings. The van der Waals surface area contributed by atoms with Crippen LogP contribution in [0, 0.1) is 5.92 Å². The number of benzene rings is 1. The Balaban J connectivity index is 2.09. The Hall–Kier alpha value is -2.67. The standard InChI is InChI=1S/C20H22ClFN3O9P/c1-12(16(27)28)11-23-35(31)34-18(2,30)20(22)19(8-10-32-20,25-9-7-15(26)24-17(25)29)33-14-5-3-13(21)4-6-14/h3-7,9,12,30H,8,10-11H2,1-2H3,(H,27,28)(H,24,26,29)/t12-,18-,19-,20-/m0/s1. The van der Waals surface area contributed by atoms with Gasteiger partial charge in [0.2, 0.25) is 0 Å². The second-order valence-electron chi connectivity index (χ2n) is 7.89. The molecule has 0 spiro atoms. The molecule has 3 rings (SSSR count). The van der Waals surface area contributed by atoms with Crippen molar-refractivity contribution in [1.82, 2.24) is 9.55 Å². The Morgan fingerprint density at radius 2 is 2.09 bits per heavy atom. The van der Waals surface area contributed by atoms with Gasteiger partial charge in [-0.3, -0.25) is 19.1 Å². The first kappa shape index (κ1) is 26.9. The number of nitrogens with one attached hydrogen (secondary N) is 1. The maximum absolute atomic E-state index is 16.8. The fourth-order valence-corrected chi connectivity index (χ4v) is 4.43. The summed E-state index contributed by atoms with van der Waals surface area (Å²) in [6.07, 6.45) is 0.594. The van der Waals surface area contributed by atoms with Crippen molar-refractivity contribution in [2.45, 2.75) is 37.6 Å². The topological polar surface area (TPSA) is 175 Å². The van der Waals surface area contributed by atoms with Crippen LogP contribution in [0.15, 0.2) is 50.9 Å². The summed E-state index contributed by atoms with van der Waals surface area (Å²) in [6, 6.07) is 6.55. The van der Waals surface area contributed by atoms with Gasteiger partial charge in [-0.2, -0.15) is 4.39 Å². The van der Waals surface area contributed by atoms with Gasteiger partial charge in [0.15, 0.2) is 0 Å². The van der Waals surface area contributed by atoms with Gasteiger partial charge in [-0.25, -0.2) is 4.79 Å². The first-order valence-electron chi connectivity index (χ1n) is 10.2. The van der Waals surface area contributed by atoms with E-state index in [1.165, 1.54) is 31.2 Å². The molecule has 5 atom stereocenters.